The van der Waals surface area contributed by atoms with Crippen molar-refractivity contribution in [3.8, 4) is 0 Å². The normalized spacial score (nSPS) is 14.7. The number of benzene rings is 2. The maximum Gasteiger partial charge on any atom is 0.252 e. The third-order valence-corrected chi connectivity index (χ3v) is 6.12. The first-order valence-corrected chi connectivity index (χ1v) is 11.5. The number of hydrogen-bond donors (Lipinski definition) is 2. The van der Waals surface area contributed by atoms with Crippen molar-refractivity contribution < 1.29 is 19.0 Å². The van der Waals surface area contributed by atoms with E-state index in [1.165, 1.54) is 19.2 Å². The van der Waals surface area contributed by atoms with Gasteiger partial charge >= 0.3 is 0 Å². The predicted molar refractivity (Wildman–Crippen MR) is 134 cm³/mol. The van der Waals surface area contributed by atoms with Gasteiger partial charge in [0.25, 0.3) is 5.91 Å². The van der Waals surface area contributed by atoms with Gasteiger partial charge in [-0.05, 0) is 53.6 Å². The highest BCUT2D eigenvalue weighted by Gasteiger charge is 2.27. The average Bonchev–Trinajstić information content (AvgIpc) is 3.35. The van der Waals surface area contributed by atoms with Crippen molar-refractivity contribution in [3.63, 3.8) is 0 Å². The van der Waals surface area contributed by atoms with E-state index in [0.29, 0.717) is 23.7 Å². The molecule has 8 heteroatoms. The number of allylic oxidation sites excluding steroid dienone is 1. The van der Waals surface area contributed by atoms with Gasteiger partial charge in [0.15, 0.2) is 0 Å². The van der Waals surface area contributed by atoms with Crippen LogP contribution in [0.4, 0.5) is 4.39 Å². The van der Waals surface area contributed by atoms with Gasteiger partial charge < -0.3 is 15.2 Å². The molecule has 0 radical (unpaired) electrons. The quantitative estimate of drug-likeness (QED) is 0.470. The summed E-state index contributed by atoms with van der Waals surface area (Å²) in [7, 11) is 1.46. The number of nitrogens with zero attached hydrogens (tertiary/aromatic N) is 2. The van der Waals surface area contributed by atoms with Crippen LogP contribution in [0.15, 0.2) is 77.9 Å². The maximum absolute atomic E-state index is 15.0. The fourth-order valence-corrected chi connectivity index (χ4v) is 4.15. The standard InChI is InChI=1S/C27H25ClFN3O3/c1-35-25(16-33)23(14-20-5-2-3-12-30-20)32-27(34)21-6-4-7-22(29)26(21)24-13-18(15-31-24)17-8-10-19(28)11-9-17/h2-13,23,25,33H,14-16H2,1H3,(H,32,34)/t23-,25-/m1/s1. The molecular weight excluding hydrogens is 469 g/mol. The van der Waals surface area contributed by atoms with Crippen LogP contribution in [0.25, 0.3) is 5.57 Å². The number of aliphatic hydroxyl groups excluding tert-OH is 1. The second kappa shape index (κ2) is 11.4. The van der Waals surface area contributed by atoms with Crippen LogP contribution in [0.3, 0.4) is 0 Å². The van der Waals surface area contributed by atoms with Crippen molar-refractivity contribution >= 4 is 28.8 Å². The first-order chi connectivity index (χ1) is 17.0. The van der Waals surface area contributed by atoms with E-state index in [2.05, 4.69) is 15.3 Å². The number of pyridine rings is 1. The van der Waals surface area contributed by atoms with E-state index in [0.717, 1.165) is 16.8 Å². The van der Waals surface area contributed by atoms with E-state index in [1.807, 2.05) is 24.3 Å². The van der Waals surface area contributed by atoms with Gasteiger partial charge in [-0.3, -0.25) is 14.8 Å². The number of carbonyl (C=O) groups is 1. The van der Waals surface area contributed by atoms with Gasteiger partial charge in [0.1, 0.15) is 11.9 Å². The Bertz CT molecular complexity index is 1240. The van der Waals surface area contributed by atoms with Crippen LogP contribution in [0.2, 0.25) is 5.02 Å². The van der Waals surface area contributed by atoms with Crippen molar-refractivity contribution in [3.05, 3.63) is 106 Å². The monoisotopic (exact) mass is 493 g/mol. The van der Waals surface area contributed by atoms with E-state index in [9.17, 15) is 9.90 Å². The number of halogens is 2. The molecule has 2 aromatic carbocycles. The molecule has 2 heterocycles. The number of rotatable bonds is 9. The van der Waals surface area contributed by atoms with Crippen molar-refractivity contribution in [2.75, 3.05) is 20.3 Å². The lowest BCUT2D eigenvalue weighted by atomic mass is 9.98. The van der Waals surface area contributed by atoms with Crippen molar-refractivity contribution in [1.82, 2.24) is 10.3 Å². The van der Waals surface area contributed by atoms with E-state index in [1.54, 1.807) is 36.5 Å². The Kier molecular flexibility index (Phi) is 8.02. The molecule has 180 valence electrons. The average molecular weight is 494 g/mol. The van der Waals surface area contributed by atoms with E-state index >= 15 is 4.39 Å². The molecule has 2 atom stereocenters. The zero-order chi connectivity index (χ0) is 24.8. The number of nitrogens with one attached hydrogen (secondary N) is 1. The molecule has 0 saturated carbocycles. The summed E-state index contributed by atoms with van der Waals surface area (Å²) in [6, 6.07) is 16.6. The molecule has 1 aliphatic rings. The molecule has 1 aromatic heterocycles. The highest BCUT2D eigenvalue weighted by molar-refractivity contribution is 6.30. The Hall–Kier alpha value is -3.39. The summed E-state index contributed by atoms with van der Waals surface area (Å²) in [4.78, 5) is 22.2. The maximum atomic E-state index is 15.0. The number of ether oxygens (including phenoxy) is 1. The van der Waals surface area contributed by atoms with E-state index in [-0.39, 0.29) is 17.7 Å². The lowest BCUT2D eigenvalue weighted by Crippen LogP contribution is -2.47. The molecule has 0 fully saturated rings. The topological polar surface area (TPSA) is 83.8 Å². The molecule has 1 amide bonds. The van der Waals surface area contributed by atoms with Gasteiger partial charge in [-0.1, -0.05) is 35.9 Å². The van der Waals surface area contributed by atoms with Crippen LogP contribution >= 0.6 is 11.6 Å². The summed E-state index contributed by atoms with van der Waals surface area (Å²) in [5.74, 6) is -1.04. The van der Waals surface area contributed by atoms with E-state index in [4.69, 9.17) is 16.3 Å². The minimum absolute atomic E-state index is 0.128. The van der Waals surface area contributed by atoms with Crippen LogP contribution in [-0.2, 0) is 11.2 Å². The predicted octanol–water partition coefficient (Wildman–Crippen LogP) is 4.11. The minimum atomic E-state index is -0.668. The third-order valence-electron chi connectivity index (χ3n) is 5.86. The Balaban J connectivity index is 1.62. The summed E-state index contributed by atoms with van der Waals surface area (Å²) in [5, 5.41) is 13.3. The zero-order valence-electron chi connectivity index (χ0n) is 19.1. The van der Waals surface area contributed by atoms with Gasteiger partial charge in [-0.2, -0.15) is 0 Å². The van der Waals surface area contributed by atoms with Gasteiger partial charge in [-0.15, -0.1) is 0 Å². The molecule has 0 aliphatic carbocycles. The summed E-state index contributed by atoms with van der Waals surface area (Å²) in [5.41, 5.74) is 3.23. The molecular formula is C27H25ClFN3O3. The molecule has 0 unspecified atom stereocenters. The number of aliphatic imine (C=N–C) groups is 1. The third kappa shape index (κ3) is 5.82. The second-order valence-electron chi connectivity index (χ2n) is 8.10. The Morgan fingerprint density at radius 3 is 2.66 bits per heavy atom. The smallest absolute Gasteiger partial charge is 0.252 e. The molecule has 4 rings (SSSR count). The number of amides is 1. The van der Waals surface area contributed by atoms with Crippen LogP contribution in [0, 0.1) is 5.82 Å². The summed E-state index contributed by atoms with van der Waals surface area (Å²) >= 11 is 5.98. The molecule has 0 bridgehead atoms. The number of methoxy groups -OCH3 is 1. The van der Waals surface area contributed by atoms with Crippen LogP contribution in [-0.4, -0.2) is 54.1 Å². The van der Waals surface area contributed by atoms with Gasteiger partial charge in [0, 0.05) is 36.0 Å². The Labute approximate surface area is 208 Å². The molecule has 3 aromatic rings. The van der Waals surface area contributed by atoms with E-state index < -0.39 is 23.9 Å². The van der Waals surface area contributed by atoms with Crippen LogP contribution in [0.1, 0.15) is 27.2 Å². The van der Waals surface area contributed by atoms with Gasteiger partial charge in [-0.25, -0.2) is 4.39 Å². The van der Waals surface area contributed by atoms with Crippen molar-refractivity contribution in [2.45, 2.75) is 18.6 Å². The first kappa shape index (κ1) is 24.7. The minimum Gasteiger partial charge on any atom is -0.394 e. The lowest BCUT2D eigenvalue weighted by Gasteiger charge is -2.26. The molecule has 2 N–H and O–H groups in total. The van der Waals surface area contributed by atoms with Crippen molar-refractivity contribution in [2.24, 2.45) is 4.99 Å². The molecule has 0 spiro atoms. The van der Waals surface area contributed by atoms with Crippen LogP contribution < -0.4 is 5.32 Å². The highest BCUT2D eigenvalue weighted by atomic mass is 35.5. The molecule has 0 saturated heterocycles. The molecule has 35 heavy (non-hydrogen) atoms. The summed E-state index contributed by atoms with van der Waals surface area (Å²) in [6.45, 7) is 0.0646. The highest BCUT2D eigenvalue weighted by Crippen LogP contribution is 2.26. The van der Waals surface area contributed by atoms with Gasteiger partial charge in [0.05, 0.1) is 30.5 Å². The fraction of sp³-hybridized carbons (Fsp3) is 0.222. The first-order valence-electron chi connectivity index (χ1n) is 11.1. The second-order valence-corrected chi connectivity index (χ2v) is 8.54. The van der Waals surface area contributed by atoms with Crippen molar-refractivity contribution in [1.29, 1.82) is 0 Å². The fourth-order valence-electron chi connectivity index (χ4n) is 4.02. The Morgan fingerprint density at radius 2 is 1.97 bits per heavy atom. The number of carbonyl (C=O) groups excluding carboxylic acids is 1. The number of aliphatic hydroxyl groups is 1. The largest absolute Gasteiger partial charge is 0.394 e. The lowest BCUT2D eigenvalue weighted by molar-refractivity contribution is 0.0214. The number of hydrogen-bond acceptors (Lipinski definition) is 5. The molecule has 6 nitrogen and oxygen atoms in total. The van der Waals surface area contributed by atoms with Gasteiger partial charge in [0.2, 0.25) is 0 Å². The summed E-state index contributed by atoms with van der Waals surface area (Å²) in [6.07, 6.45) is 3.11. The zero-order valence-corrected chi connectivity index (χ0v) is 19.9. The van der Waals surface area contributed by atoms with Crippen LogP contribution in [0.5, 0.6) is 0 Å². The Morgan fingerprint density at radius 1 is 1.17 bits per heavy atom. The SMILES string of the molecule is CO[C@H](CO)[C@@H](Cc1ccccn1)NC(=O)c1cccc(F)c1C1=NCC(c2ccc(Cl)cc2)=C1. The summed E-state index contributed by atoms with van der Waals surface area (Å²) < 4.78 is 20.4. The molecule has 1 aliphatic heterocycles. The number of aromatic nitrogens is 1.